The highest BCUT2D eigenvalue weighted by molar-refractivity contribution is 7.80. The van der Waals surface area contributed by atoms with E-state index >= 15 is 0 Å². The monoisotopic (exact) mass is 152 g/mol. The Morgan fingerprint density at radius 1 is 1.00 bits per heavy atom. The van der Waals surface area contributed by atoms with Crippen LogP contribution >= 0.6 is 12.2 Å². The van der Waals surface area contributed by atoms with Crippen molar-refractivity contribution in [2.75, 3.05) is 0 Å². The number of hydrogen-bond acceptors (Lipinski definition) is 1. The van der Waals surface area contributed by atoms with Gasteiger partial charge in [-0.3, -0.25) is 0 Å². The van der Waals surface area contributed by atoms with Crippen LogP contribution in [0.3, 0.4) is 0 Å². The Hall–Kier alpha value is -0.570. The lowest BCUT2D eigenvalue weighted by atomic mass is 9.97. The molecule has 0 unspecified atom stereocenters. The summed E-state index contributed by atoms with van der Waals surface area (Å²) in [7, 11) is 0. The molecular formula is C7H8N2S. The third kappa shape index (κ3) is 0.904. The molecule has 0 aromatic rings. The van der Waals surface area contributed by atoms with E-state index in [1.54, 1.807) is 0 Å². The van der Waals surface area contributed by atoms with E-state index in [4.69, 9.17) is 12.2 Å². The second kappa shape index (κ2) is 2.23. The van der Waals surface area contributed by atoms with Crippen molar-refractivity contribution in [1.82, 2.24) is 0 Å². The molecule has 10 heavy (non-hydrogen) atoms. The van der Waals surface area contributed by atoms with Crippen molar-refractivity contribution in [1.29, 1.82) is 0 Å². The summed E-state index contributed by atoms with van der Waals surface area (Å²) in [5.41, 5.74) is 2.30. The maximum atomic E-state index is 4.86. The van der Waals surface area contributed by atoms with Crippen LogP contribution in [0.15, 0.2) is 9.98 Å². The molecule has 0 amide bonds. The van der Waals surface area contributed by atoms with E-state index in [0.717, 1.165) is 24.3 Å². The number of fused-ring (bicyclic) bond motifs is 1. The zero-order chi connectivity index (χ0) is 6.97. The first-order valence-electron chi connectivity index (χ1n) is 3.56. The second-order valence-electron chi connectivity index (χ2n) is 2.61. The first-order chi connectivity index (χ1) is 4.86. The zero-order valence-corrected chi connectivity index (χ0v) is 6.45. The molecule has 1 aliphatic carbocycles. The van der Waals surface area contributed by atoms with Gasteiger partial charge in [0.1, 0.15) is 0 Å². The van der Waals surface area contributed by atoms with E-state index in [-0.39, 0.29) is 0 Å². The van der Waals surface area contributed by atoms with Crippen molar-refractivity contribution in [3.8, 4) is 0 Å². The lowest BCUT2D eigenvalue weighted by molar-refractivity contribution is 0.780. The zero-order valence-electron chi connectivity index (χ0n) is 5.63. The van der Waals surface area contributed by atoms with Crippen molar-refractivity contribution >= 4 is 28.8 Å². The van der Waals surface area contributed by atoms with Crippen LogP contribution in [0.5, 0.6) is 0 Å². The van der Waals surface area contributed by atoms with Crippen LogP contribution in [-0.2, 0) is 0 Å². The molecular weight excluding hydrogens is 144 g/mol. The van der Waals surface area contributed by atoms with E-state index < -0.39 is 0 Å². The summed E-state index contributed by atoms with van der Waals surface area (Å²) in [6, 6.07) is 0. The quantitative estimate of drug-likeness (QED) is 0.485. The van der Waals surface area contributed by atoms with Gasteiger partial charge in [0.15, 0.2) is 0 Å². The van der Waals surface area contributed by atoms with Gasteiger partial charge in [0.2, 0.25) is 5.11 Å². The number of aliphatic imine (C=N–C) groups is 2. The van der Waals surface area contributed by atoms with E-state index in [9.17, 15) is 0 Å². The summed E-state index contributed by atoms with van der Waals surface area (Å²) in [6.45, 7) is 0. The minimum Gasteiger partial charge on any atom is -0.222 e. The Kier molecular flexibility index (Phi) is 1.38. The Balaban J connectivity index is 2.32. The molecule has 1 aliphatic heterocycles. The molecule has 1 saturated carbocycles. The molecule has 52 valence electrons. The molecule has 2 nitrogen and oxygen atoms in total. The molecule has 1 heterocycles. The molecule has 3 heteroatoms. The maximum Gasteiger partial charge on any atom is 0.219 e. The molecule has 0 aromatic carbocycles. The highest BCUT2D eigenvalue weighted by Crippen LogP contribution is 2.17. The standard InChI is InChI=1S/C7H8N2S/c10-7-8-5-3-1-2-4-6(5)9-7/h1-4H2. The number of nitrogens with zero attached hydrogens (tertiary/aromatic N) is 2. The van der Waals surface area contributed by atoms with Crippen molar-refractivity contribution in [3.05, 3.63) is 0 Å². The molecule has 0 bridgehead atoms. The fraction of sp³-hybridized carbons (Fsp3) is 0.571. The van der Waals surface area contributed by atoms with Crippen LogP contribution in [0.4, 0.5) is 0 Å². The molecule has 0 spiro atoms. The molecule has 0 atom stereocenters. The van der Waals surface area contributed by atoms with Crippen molar-refractivity contribution in [2.24, 2.45) is 9.98 Å². The Labute approximate surface area is 65.1 Å². The van der Waals surface area contributed by atoms with Crippen molar-refractivity contribution in [3.63, 3.8) is 0 Å². The number of hydrogen-bond donors (Lipinski definition) is 0. The van der Waals surface area contributed by atoms with Crippen LogP contribution in [0.1, 0.15) is 25.7 Å². The van der Waals surface area contributed by atoms with Crippen LogP contribution in [0.2, 0.25) is 0 Å². The van der Waals surface area contributed by atoms with Crippen LogP contribution in [0, 0.1) is 0 Å². The lowest BCUT2D eigenvalue weighted by Gasteiger charge is -2.09. The summed E-state index contributed by atoms with van der Waals surface area (Å²) < 4.78 is 0. The Morgan fingerprint density at radius 2 is 1.50 bits per heavy atom. The molecule has 2 rings (SSSR count). The third-order valence-corrected chi connectivity index (χ3v) is 2.05. The number of rotatable bonds is 0. The average Bonchev–Trinajstić information content (AvgIpc) is 2.27. The Morgan fingerprint density at radius 3 is 2.00 bits per heavy atom. The van der Waals surface area contributed by atoms with Gasteiger partial charge in [-0.15, -0.1) is 0 Å². The van der Waals surface area contributed by atoms with E-state index in [1.807, 2.05) is 0 Å². The fourth-order valence-corrected chi connectivity index (χ4v) is 1.59. The van der Waals surface area contributed by atoms with Gasteiger partial charge in [-0.2, -0.15) is 0 Å². The molecule has 0 N–H and O–H groups in total. The van der Waals surface area contributed by atoms with Gasteiger partial charge in [0, 0.05) is 0 Å². The normalized spacial score (nSPS) is 23.8. The van der Waals surface area contributed by atoms with Gasteiger partial charge in [0.25, 0.3) is 0 Å². The molecule has 0 saturated heterocycles. The average molecular weight is 152 g/mol. The summed E-state index contributed by atoms with van der Waals surface area (Å²) >= 11 is 4.86. The first-order valence-corrected chi connectivity index (χ1v) is 3.96. The topological polar surface area (TPSA) is 24.7 Å². The third-order valence-electron chi connectivity index (χ3n) is 1.87. The van der Waals surface area contributed by atoms with Gasteiger partial charge in [-0.05, 0) is 37.9 Å². The summed E-state index contributed by atoms with van der Waals surface area (Å²) in [5.74, 6) is 0. The van der Waals surface area contributed by atoms with Crippen LogP contribution in [0.25, 0.3) is 0 Å². The maximum absolute atomic E-state index is 4.86. The van der Waals surface area contributed by atoms with E-state index in [1.165, 1.54) is 12.8 Å². The minimum absolute atomic E-state index is 0.534. The van der Waals surface area contributed by atoms with Gasteiger partial charge >= 0.3 is 0 Å². The SMILES string of the molecule is S=C1N=C2CCCCC2=N1. The van der Waals surface area contributed by atoms with Crippen molar-refractivity contribution < 1.29 is 0 Å². The predicted molar refractivity (Wildman–Crippen MR) is 45.9 cm³/mol. The summed E-state index contributed by atoms with van der Waals surface area (Å²) in [5, 5.41) is 0.534. The highest BCUT2D eigenvalue weighted by Gasteiger charge is 2.19. The van der Waals surface area contributed by atoms with E-state index in [2.05, 4.69) is 9.98 Å². The van der Waals surface area contributed by atoms with Gasteiger partial charge < -0.3 is 0 Å². The van der Waals surface area contributed by atoms with Gasteiger partial charge in [-0.25, -0.2) is 9.98 Å². The van der Waals surface area contributed by atoms with Gasteiger partial charge in [0.05, 0.1) is 11.4 Å². The molecule has 2 aliphatic rings. The highest BCUT2D eigenvalue weighted by atomic mass is 32.1. The predicted octanol–water partition coefficient (Wildman–Crippen LogP) is 1.74. The number of thiocarbonyl (C=S) groups is 1. The Bertz CT molecular complexity index is 216. The largest absolute Gasteiger partial charge is 0.222 e. The van der Waals surface area contributed by atoms with Gasteiger partial charge in [-0.1, -0.05) is 0 Å². The smallest absolute Gasteiger partial charge is 0.219 e. The van der Waals surface area contributed by atoms with E-state index in [0.29, 0.717) is 5.11 Å². The van der Waals surface area contributed by atoms with Crippen LogP contribution in [-0.4, -0.2) is 16.5 Å². The summed E-state index contributed by atoms with van der Waals surface area (Å²) in [6.07, 6.45) is 4.67. The molecule has 1 fully saturated rings. The lowest BCUT2D eigenvalue weighted by Crippen LogP contribution is -2.15. The van der Waals surface area contributed by atoms with Crippen LogP contribution < -0.4 is 0 Å². The minimum atomic E-state index is 0.534. The summed E-state index contributed by atoms with van der Waals surface area (Å²) in [4.78, 5) is 8.31. The molecule has 0 aromatic heterocycles. The first kappa shape index (κ1) is 6.16. The fourth-order valence-electron chi connectivity index (χ4n) is 1.37. The molecule has 0 radical (unpaired) electrons. The van der Waals surface area contributed by atoms with Crippen molar-refractivity contribution in [2.45, 2.75) is 25.7 Å². The second-order valence-corrected chi connectivity index (χ2v) is 2.97.